The number of nitrogens with zero attached hydrogens (tertiary/aromatic N) is 1. The van der Waals surface area contributed by atoms with Crippen molar-refractivity contribution in [2.75, 3.05) is 7.11 Å². The lowest BCUT2D eigenvalue weighted by atomic mass is 9.83. The van der Waals surface area contributed by atoms with Gasteiger partial charge in [-0.15, -0.1) is 0 Å². The first-order valence-corrected chi connectivity index (χ1v) is 8.76. The Balaban J connectivity index is 1.92. The van der Waals surface area contributed by atoms with E-state index in [4.69, 9.17) is 9.15 Å². The van der Waals surface area contributed by atoms with Gasteiger partial charge in [0.2, 0.25) is 0 Å². The number of hydrogen-bond donors (Lipinski definition) is 1. The van der Waals surface area contributed by atoms with Gasteiger partial charge in [-0.05, 0) is 18.4 Å². The Labute approximate surface area is 151 Å². The van der Waals surface area contributed by atoms with Gasteiger partial charge in [0, 0.05) is 29.6 Å². The second kappa shape index (κ2) is 5.90. The van der Waals surface area contributed by atoms with Crippen LogP contribution in [0.15, 0.2) is 34.4 Å². The van der Waals surface area contributed by atoms with Gasteiger partial charge in [0.05, 0.1) is 13.2 Å². The zero-order chi connectivity index (χ0) is 18.6. The third-order valence-corrected chi connectivity index (χ3v) is 5.45. The molecule has 2 aromatic rings. The average molecular weight is 355 g/mol. The molecule has 1 aromatic heterocycles. The molecule has 6 nitrogen and oxygen atoms in total. The second-order valence-corrected chi connectivity index (χ2v) is 7.24. The Bertz CT molecular complexity index is 939. The number of fused-ring (bicyclic) bond motifs is 5. The Hall–Kier alpha value is -2.76. The number of benzene rings is 1. The van der Waals surface area contributed by atoms with Crippen molar-refractivity contribution >= 4 is 22.7 Å². The summed E-state index contributed by atoms with van der Waals surface area (Å²) in [5.74, 6) is 0.166. The molecule has 0 bridgehead atoms. The van der Waals surface area contributed by atoms with E-state index < -0.39 is 5.97 Å². The number of ketones is 1. The Kier molecular flexibility index (Phi) is 3.79. The maximum atomic E-state index is 12.4. The highest BCUT2D eigenvalue weighted by Crippen LogP contribution is 2.46. The van der Waals surface area contributed by atoms with Gasteiger partial charge >= 0.3 is 5.97 Å². The number of aliphatic carboxylic acids is 1. The zero-order valence-electron chi connectivity index (χ0n) is 15.0. The molecule has 4 rings (SSSR count). The van der Waals surface area contributed by atoms with Crippen LogP contribution in [0.4, 0.5) is 0 Å². The van der Waals surface area contributed by atoms with Crippen LogP contribution < -0.4 is 4.74 Å². The van der Waals surface area contributed by atoms with Crippen LogP contribution >= 0.6 is 0 Å². The monoisotopic (exact) mass is 355 g/mol. The molecule has 1 unspecified atom stereocenters. The quantitative estimate of drug-likeness (QED) is 0.851. The highest BCUT2D eigenvalue weighted by Gasteiger charge is 2.43. The molecule has 0 aliphatic carbocycles. The van der Waals surface area contributed by atoms with Crippen LogP contribution in [0.25, 0.3) is 11.0 Å². The molecular weight excluding hydrogens is 334 g/mol. The highest BCUT2D eigenvalue weighted by atomic mass is 16.5. The minimum atomic E-state index is -1.17. The molecule has 0 amide bonds. The molecule has 3 heterocycles. The zero-order valence-corrected chi connectivity index (χ0v) is 15.0. The van der Waals surface area contributed by atoms with E-state index in [-0.39, 0.29) is 29.9 Å². The predicted octanol–water partition coefficient (Wildman–Crippen LogP) is 3.31. The molecule has 2 aliphatic rings. The standard InChI is InChI=1S/C20H21NO5/c1-10(2)14-7-12-11-5-4-6-17(25-3)19(11)26-18(12)15-8-16(22)13(20(23)24)9-21(14)15/h4-6,9-10,14-15H,7-8H2,1-3H3,(H,23,24)/t14-,15?/m0/s1. The van der Waals surface area contributed by atoms with E-state index >= 15 is 0 Å². The molecule has 0 spiro atoms. The number of carbonyl (C=O) groups excluding carboxylic acids is 1. The molecule has 0 saturated heterocycles. The number of furan rings is 1. The molecule has 0 fully saturated rings. The number of hydrogen-bond acceptors (Lipinski definition) is 5. The summed E-state index contributed by atoms with van der Waals surface area (Å²) in [6.45, 7) is 4.22. The van der Waals surface area contributed by atoms with E-state index in [2.05, 4.69) is 13.8 Å². The smallest absolute Gasteiger partial charge is 0.340 e. The number of carbonyl (C=O) groups is 2. The largest absolute Gasteiger partial charge is 0.493 e. The molecule has 1 N–H and O–H groups in total. The number of methoxy groups -OCH3 is 1. The van der Waals surface area contributed by atoms with Crippen LogP contribution in [0.1, 0.15) is 37.6 Å². The van der Waals surface area contributed by atoms with Crippen LogP contribution in [0.2, 0.25) is 0 Å². The van der Waals surface area contributed by atoms with Crippen molar-refractivity contribution < 1.29 is 23.8 Å². The molecular formula is C20H21NO5. The van der Waals surface area contributed by atoms with E-state index in [9.17, 15) is 14.7 Å². The highest BCUT2D eigenvalue weighted by molar-refractivity contribution is 6.17. The van der Waals surface area contributed by atoms with Gasteiger partial charge in [-0.2, -0.15) is 0 Å². The summed E-state index contributed by atoms with van der Waals surface area (Å²) >= 11 is 0. The van der Waals surface area contributed by atoms with Crippen molar-refractivity contribution in [3.05, 3.63) is 41.3 Å². The molecule has 1 aromatic carbocycles. The minimum absolute atomic E-state index is 0.0990. The van der Waals surface area contributed by atoms with Crippen LogP contribution in [0.3, 0.4) is 0 Å². The maximum Gasteiger partial charge on any atom is 0.340 e. The summed E-state index contributed by atoms with van der Waals surface area (Å²) in [5.41, 5.74) is 1.63. The SMILES string of the molecule is COc1cccc2c3c(oc12)C1CC(=O)C(C(=O)O)=CN1[C@H](C(C)C)C3. The van der Waals surface area contributed by atoms with Crippen molar-refractivity contribution in [3.8, 4) is 5.75 Å². The fraction of sp³-hybridized carbons (Fsp3) is 0.400. The van der Waals surface area contributed by atoms with Gasteiger partial charge in [-0.3, -0.25) is 4.79 Å². The summed E-state index contributed by atoms with van der Waals surface area (Å²) in [6.07, 6.45) is 2.36. The lowest BCUT2D eigenvalue weighted by molar-refractivity contribution is -0.135. The van der Waals surface area contributed by atoms with Crippen molar-refractivity contribution in [2.24, 2.45) is 5.92 Å². The molecule has 2 aliphatic heterocycles. The third kappa shape index (κ3) is 2.32. The van der Waals surface area contributed by atoms with Gasteiger partial charge in [-0.1, -0.05) is 26.0 Å². The topological polar surface area (TPSA) is 80.0 Å². The average Bonchev–Trinajstić information content (AvgIpc) is 2.99. The number of para-hydroxylation sites is 1. The molecule has 6 heteroatoms. The molecule has 26 heavy (non-hydrogen) atoms. The number of ether oxygens (including phenoxy) is 1. The number of Topliss-reactive ketones (excluding diaryl/α,β-unsaturated/α-hetero) is 1. The van der Waals surface area contributed by atoms with Gasteiger partial charge in [0.1, 0.15) is 11.3 Å². The molecule has 2 atom stereocenters. The maximum absolute atomic E-state index is 12.4. The Morgan fingerprint density at radius 1 is 1.35 bits per heavy atom. The van der Waals surface area contributed by atoms with E-state index in [1.54, 1.807) is 7.11 Å². The van der Waals surface area contributed by atoms with Crippen LogP contribution in [-0.2, 0) is 16.0 Å². The summed E-state index contributed by atoms with van der Waals surface area (Å²) in [6, 6.07) is 5.61. The normalized spacial score (nSPS) is 22.2. The predicted molar refractivity (Wildman–Crippen MR) is 95.0 cm³/mol. The van der Waals surface area contributed by atoms with Crippen molar-refractivity contribution in [2.45, 2.75) is 38.8 Å². The molecule has 136 valence electrons. The van der Waals surface area contributed by atoms with Gasteiger partial charge < -0.3 is 19.2 Å². The molecule has 0 radical (unpaired) electrons. The molecule has 0 saturated carbocycles. The second-order valence-electron chi connectivity index (χ2n) is 7.24. The van der Waals surface area contributed by atoms with Crippen molar-refractivity contribution in [1.29, 1.82) is 0 Å². The van der Waals surface area contributed by atoms with Crippen molar-refractivity contribution in [3.63, 3.8) is 0 Å². The first-order valence-electron chi connectivity index (χ1n) is 8.76. The van der Waals surface area contributed by atoms with Crippen LogP contribution in [-0.4, -0.2) is 34.9 Å². The van der Waals surface area contributed by atoms with Gasteiger partial charge in [0.15, 0.2) is 17.1 Å². The summed E-state index contributed by atoms with van der Waals surface area (Å²) in [4.78, 5) is 25.8. The third-order valence-electron chi connectivity index (χ3n) is 5.45. The fourth-order valence-electron chi connectivity index (χ4n) is 4.13. The minimum Gasteiger partial charge on any atom is -0.493 e. The number of carboxylic acid groups (broad SMARTS) is 1. The first kappa shape index (κ1) is 16.7. The Morgan fingerprint density at radius 2 is 2.12 bits per heavy atom. The van der Waals surface area contributed by atoms with E-state index in [1.165, 1.54) is 6.20 Å². The summed E-state index contributed by atoms with van der Waals surface area (Å²) in [7, 11) is 1.60. The van der Waals surface area contributed by atoms with E-state index in [1.807, 2.05) is 23.1 Å². The lowest BCUT2D eigenvalue weighted by Crippen LogP contribution is -2.46. The fourth-order valence-corrected chi connectivity index (χ4v) is 4.13. The number of carboxylic acids is 1. The lowest BCUT2D eigenvalue weighted by Gasteiger charge is -2.44. The van der Waals surface area contributed by atoms with Crippen LogP contribution in [0.5, 0.6) is 5.75 Å². The van der Waals surface area contributed by atoms with Crippen molar-refractivity contribution in [1.82, 2.24) is 4.90 Å². The van der Waals surface area contributed by atoms with E-state index in [0.29, 0.717) is 17.3 Å². The van der Waals surface area contributed by atoms with Gasteiger partial charge in [-0.25, -0.2) is 4.79 Å². The first-order chi connectivity index (χ1) is 12.4. The van der Waals surface area contributed by atoms with Crippen LogP contribution in [0, 0.1) is 5.92 Å². The summed E-state index contributed by atoms with van der Waals surface area (Å²) in [5, 5.41) is 10.4. The summed E-state index contributed by atoms with van der Waals surface area (Å²) < 4.78 is 11.6. The number of rotatable bonds is 3. The van der Waals surface area contributed by atoms with Gasteiger partial charge in [0.25, 0.3) is 0 Å². The Morgan fingerprint density at radius 3 is 2.77 bits per heavy atom. The van der Waals surface area contributed by atoms with E-state index in [0.717, 1.165) is 23.1 Å².